The van der Waals surface area contributed by atoms with Crippen molar-refractivity contribution in [3.8, 4) is 0 Å². The Morgan fingerprint density at radius 3 is 1.92 bits per heavy atom. The van der Waals surface area contributed by atoms with Gasteiger partial charge in [-0.1, -0.05) is 0 Å². The summed E-state index contributed by atoms with van der Waals surface area (Å²) in [4.78, 5) is 7.76. The Kier molecular flexibility index (Phi) is 5.42. The molecule has 0 saturated carbocycles. The summed E-state index contributed by atoms with van der Waals surface area (Å²) in [6.45, 7) is 3.72. The number of likely N-dealkylation sites (N-methyl/N-ethyl adjacent to an activating group) is 1. The molecule has 0 N–H and O–H groups in total. The van der Waals surface area contributed by atoms with Crippen LogP contribution in [0.3, 0.4) is 0 Å². The van der Waals surface area contributed by atoms with Gasteiger partial charge in [-0.2, -0.15) is 30.2 Å². The normalized spacial score (nSPS) is 21.9. The maximum Gasteiger partial charge on any atom is 0.417 e. The van der Waals surface area contributed by atoms with Crippen LogP contribution in [0.25, 0.3) is 0 Å². The maximum absolute atomic E-state index is 12.7. The lowest BCUT2D eigenvalue weighted by molar-refractivity contribution is -0.137. The number of halogens is 3. The van der Waals surface area contributed by atoms with E-state index in [0.29, 0.717) is 45.1 Å². The molecule has 11 heteroatoms. The van der Waals surface area contributed by atoms with E-state index in [4.69, 9.17) is 0 Å². The Bertz CT molecular complexity index is 710. The number of hydrogen-bond acceptors (Lipinski definition) is 5. The zero-order chi connectivity index (χ0) is 18.9. The van der Waals surface area contributed by atoms with E-state index in [0.717, 1.165) is 12.3 Å². The lowest BCUT2D eigenvalue weighted by Gasteiger charge is -2.39. The fourth-order valence-corrected chi connectivity index (χ4v) is 4.65. The SMILES string of the molecule is CN1CCN(S(=O)(=O)N2CCN(c3ccc(C(F)(F)F)cn3)CC2)CC1. The average Bonchev–Trinajstić information content (AvgIpc) is 2.62. The number of anilines is 1. The van der Waals surface area contributed by atoms with Crippen molar-refractivity contribution in [2.24, 2.45) is 0 Å². The largest absolute Gasteiger partial charge is 0.417 e. The Morgan fingerprint density at radius 1 is 0.923 bits per heavy atom. The summed E-state index contributed by atoms with van der Waals surface area (Å²) in [7, 11) is -1.54. The molecular weight excluding hydrogens is 371 g/mol. The van der Waals surface area contributed by atoms with Gasteiger partial charge in [0.25, 0.3) is 10.2 Å². The van der Waals surface area contributed by atoms with Crippen molar-refractivity contribution in [1.29, 1.82) is 0 Å². The highest BCUT2D eigenvalue weighted by Gasteiger charge is 2.34. The number of nitrogens with zero attached hydrogens (tertiary/aromatic N) is 5. The minimum atomic E-state index is -4.42. The first-order chi connectivity index (χ1) is 12.2. The summed E-state index contributed by atoms with van der Waals surface area (Å²) in [5.74, 6) is 0.426. The van der Waals surface area contributed by atoms with Crippen LogP contribution in [-0.2, 0) is 16.4 Å². The molecule has 3 heterocycles. The minimum absolute atomic E-state index is 0.289. The van der Waals surface area contributed by atoms with Crippen LogP contribution in [0.5, 0.6) is 0 Å². The lowest BCUT2D eigenvalue weighted by Crippen LogP contribution is -2.56. The molecule has 0 radical (unpaired) electrons. The number of rotatable bonds is 3. The first kappa shape index (κ1) is 19.3. The van der Waals surface area contributed by atoms with E-state index in [1.807, 2.05) is 7.05 Å². The molecule has 2 fully saturated rings. The molecule has 7 nitrogen and oxygen atoms in total. The van der Waals surface area contributed by atoms with Crippen molar-refractivity contribution in [3.63, 3.8) is 0 Å². The molecule has 1 aromatic heterocycles. The van der Waals surface area contributed by atoms with Crippen molar-refractivity contribution in [2.45, 2.75) is 6.18 Å². The van der Waals surface area contributed by atoms with Gasteiger partial charge in [0.1, 0.15) is 5.82 Å². The van der Waals surface area contributed by atoms with Gasteiger partial charge in [0.2, 0.25) is 0 Å². The van der Waals surface area contributed by atoms with Crippen molar-refractivity contribution in [2.75, 3.05) is 64.3 Å². The second kappa shape index (κ2) is 7.29. The number of piperazine rings is 2. The van der Waals surface area contributed by atoms with E-state index in [2.05, 4.69) is 9.88 Å². The maximum atomic E-state index is 12.7. The van der Waals surface area contributed by atoms with Gasteiger partial charge in [0.05, 0.1) is 5.56 Å². The molecule has 0 unspecified atom stereocenters. The van der Waals surface area contributed by atoms with Crippen LogP contribution in [0, 0.1) is 0 Å². The van der Waals surface area contributed by atoms with Gasteiger partial charge in [-0.25, -0.2) is 4.98 Å². The van der Waals surface area contributed by atoms with Crippen molar-refractivity contribution in [3.05, 3.63) is 23.9 Å². The van der Waals surface area contributed by atoms with Crippen LogP contribution in [0.15, 0.2) is 18.3 Å². The van der Waals surface area contributed by atoms with E-state index in [9.17, 15) is 21.6 Å². The number of pyridine rings is 1. The standard InChI is InChI=1S/C15H22F3N5O2S/c1-20-4-8-22(9-5-20)26(24,25)23-10-6-21(7-11-23)14-3-2-13(12-19-14)15(16,17)18/h2-3,12H,4-11H2,1H3. The molecule has 0 aromatic carbocycles. The number of alkyl halides is 3. The molecular formula is C15H22F3N5O2S. The van der Waals surface area contributed by atoms with E-state index >= 15 is 0 Å². The minimum Gasteiger partial charge on any atom is -0.354 e. The molecule has 146 valence electrons. The second-order valence-electron chi connectivity index (χ2n) is 6.50. The molecule has 2 aliphatic heterocycles. The molecule has 26 heavy (non-hydrogen) atoms. The highest BCUT2D eigenvalue weighted by atomic mass is 32.2. The summed E-state index contributed by atoms with van der Waals surface area (Å²) < 4.78 is 66.2. The smallest absolute Gasteiger partial charge is 0.354 e. The molecule has 0 bridgehead atoms. The number of hydrogen-bond donors (Lipinski definition) is 0. The lowest BCUT2D eigenvalue weighted by atomic mass is 10.2. The molecule has 2 saturated heterocycles. The van der Waals surface area contributed by atoms with Crippen LogP contribution in [0.2, 0.25) is 0 Å². The third-order valence-corrected chi connectivity index (χ3v) is 6.79. The molecule has 0 atom stereocenters. The average molecular weight is 393 g/mol. The van der Waals surface area contributed by atoms with Gasteiger partial charge in [-0.05, 0) is 19.2 Å². The van der Waals surface area contributed by atoms with Crippen molar-refractivity contribution in [1.82, 2.24) is 18.5 Å². The zero-order valence-corrected chi connectivity index (χ0v) is 15.3. The molecule has 3 rings (SSSR count). The van der Waals surface area contributed by atoms with Gasteiger partial charge in [-0.3, -0.25) is 0 Å². The Labute approximate surface area is 151 Å². The van der Waals surface area contributed by atoms with Gasteiger partial charge in [0, 0.05) is 58.6 Å². The van der Waals surface area contributed by atoms with E-state index in [-0.39, 0.29) is 13.1 Å². The van der Waals surface area contributed by atoms with Gasteiger partial charge in [-0.15, -0.1) is 0 Å². The van der Waals surface area contributed by atoms with Crippen LogP contribution < -0.4 is 4.90 Å². The van der Waals surface area contributed by atoms with Crippen LogP contribution in [0.4, 0.5) is 19.0 Å². The van der Waals surface area contributed by atoms with Crippen LogP contribution in [0.1, 0.15) is 5.56 Å². The van der Waals surface area contributed by atoms with Crippen LogP contribution >= 0.6 is 0 Å². The number of aromatic nitrogens is 1. The summed E-state index contributed by atoms with van der Waals surface area (Å²) in [6, 6.07) is 2.32. The Morgan fingerprint density at radius 2 is 1.46 bits per heavy atom. The molecule has 0 amide bonds. The Hall–Kier alpha value is -1.43. The third kappa shape index (κ3) is 4.11. The highest BCUT2D eigenvalue weighted by Crippen LogP contribution is 2.29. The molecule has 0 spiro atoms. The summed E-state index contributed by atoms with van der Waals surface area (Å²) in [5.41, 5.74) is -0.794. The fourth-order valence-electron chi connectivity index (χ4n) is 3.07. The van der Waals surface area contributed by atoms with Crippen molar-refractivity contribution >= 4 is 16.0 Å². The highest BCUT2D eigenvalue weighted by molar-refractivity contribution is 7.86. The Balaban J connectivity index is 1.60. The quantitative estimate of drug-likeness (QED) is 0.757. The van der Waals surface area contributed by atoms with Gasteiger partial charge >= 0.3 is 6.18 Å². The summed E-state index contributed by atoms with van der Waals surface area (Å²) in [5, 5.41) is 0. The third-order valence-electron chi connectivity index (χ3n) is 4.75. The van der Waals surface area contributed by atoms with E-state index in [1.54, 1.807) is 4.90 Å². The summed E-state index contributed by atoms with van der Waals surface area (Å²) >= 11 is 0. The van der Waals surface area contributed by atoms with Crippen molar-refractivity contribution < 1.29 is 21.6 Å². The topological polar surface area (TPSA) is 60.0 Å². The first-order valence-electron chi connectivity index (χ1n) is 8.40. The monoisotopic (exact) mass is 393 g/mol. The second-order valence-corrected chi connectivity index (χ2v) is 8.43. The van der Waals surface area contributed by atoms with Crippen LogP contribution in [-0.4, -0.2) is 86.3 Å². The van der Waals surface area contributed by atoms with Gasteiger partial charge < -0.3 is 9.80 Å². The molecule has 1 aromatic rings. The predicted octanol–water partition coefficient (Wildman–Crippen LogP) is 0.715. The first-order valence-corrected chi connectivity index (χ1v) is 9.79. The van der Waals surface area contributed by atoms with E-state index in [1.165, 1.54) is 14.7 Å². The zero-order valence-electron chi connectivity index (χ0n) is 14.5. The fraction of sp³-hybridized carbons (Fsp3) is 0.667. The molecule has 0 aliphatic carbocycles. The van der Waals surface area contributed by atoms with E-state index < -0.39 is 21.9 Å². The predicted molar refractivity (Wildman–Crippen MR) is 91.0 cm³/mol. The van der Waals surface area contributed by atoms with Gasteiger partial charge in [0.15, 0.2) is 0 Å². The molecule has 2 aliphatic rings. The summed E-state index contributed by atoms with van der Waals surface area (Å²) in [6.07, 6.45) is -3.61.